The Morgan fingerprint density at radius 3 is 2.44 bits per heavy atom. The molecule has 0 aliphatic carbocycles. The van der Waals surface area contributed by atoms with Gasteiger partial charge in [-0.3, -0.25) is 14.4 Å². The molecule has 5 rings (SSSR count). The van der Waals surface area contributed by atoms with Gasteiger partial charge in [-0.05, 0) is 69.0 Å². The number of allylic oxidation sites excluding steroid dienone is 1. The number of carbonyl (C=O) groups excluding carboxylic acids is 1. The molecule has 0 saturated carbocycles. The summed E-state index contributed by atoms with van der Waals surface area (Å²) in [6, 6.07) is 19.2. The fourth-order valence-corrected chi connectivity index (χ4v) is 5.82. The lowest BCUT2D eigenvalue weighted by Crippen LogP contribution is -2.38. The normalized spacial score (nSPS) is 15.6. The lowest BCUT2D eigenvalue weighted by Gasteiger charge is -2.32. The SMILES string of the molecule is C=C(C)N=C(c1cccc(C(C)(F)F)c1)c1ccc(C(=O)N2CCC(c3nc4ccccc4n3C(F)CC)CC2)cc1C. The van der Waals surface area contributed by atoms with Crippen molar-refractivity contribution in [2.24, 2.45) is 4.99 Å². The fourth-order valence-electron chi connectivity index (χ4n) is 5.82. The number of aromatic nitrogens is 2. The minimum absolute atomic E-state index is 0.0533. The van der Waals surface area contributed by atoms with Crippen LogP contribution >= 0.6 is 0 Å². The van der Waals surface area contributed by atoms with Crippen LogP contribution in [0.4, 0.5) is 13.2 Å². The largest absolute Gasteiger partial charge is 0.339 e. The highest BCUT2D eigenvalue weighted by Gasteiger charge is 2.30. The van der Waals surface area contributed by atoms with E-state index in [1.165, 1.54) is 12.1 Å². The fraction of sp³-hybridized carbons (Fsp3) is 0.343. The predicted molar refractivity (Wildman–Crippen MR) is 166 cm³/mol. The van der Waals surface area contributed by atoms with Gasteiger partial charge >= 0.3 is 0 Å². The Morgan fingerprint density at radius 1 is 1.07 bits per heavy atom. The molecule has 0 bridgehead atoms. The molecule has 224 valence electrons. The molecule has 8 heteroatoms. The Bertz CT molecular complexity index is 1690. The van der Waals surface area contributed by atoms with Crippen molar-refractivity contribution >= 4 is 22.7 Å². The first-order valence-corrected chi connectivity index (χ1v) is 14.7. The van der Waals surface area contributed by atoms with Gasteiger partial charge in [0.2, 0.25) is 0 Å². The van der Waals surface area contributed by atoms with E-state index in [-0.39, 0.29) is 17.4 Å². The molecular weight excluding hydrogens is 549 g/mol. The summed E-state index contributed by atoms with van der Waals surface area (Å²) in [6.45, 7) is 11.3. The summed E-state index contributed by atoms with van der Waals surface area (Å²) in [5.74, 6) is -2.27. The van der Waals surface area contributed by atoms with Gasteiger partial charge in [0, 0.05) is 53.9 Å². The van der Waals surface area contributed by atoms with Crippen LogP contribution in [0.3, 0.4) is 0 Å². The highest BCUT2D eigenvalue weighted by atomic mass is 19.3. The zero-order valence-corrected chi connectivity index (χ0v) is 25.1. The molecular formula is C35H37F3N4O. The van der Waals surface area contributed by atoms with Crippen molar-refractivity contribution in [2.45, 2.75) is 65.1 Å². The Balaban J connectivity index is 1.36. The maximum Gasteiger partial charge on any atom is 0.270 e. The third kappa shape index (κ3) is 6.28. The molecule has 0 N–H and O–H groups in total. The van der Waals surface area contributed by atoms with Crippen LogP contribution in [0.25, 0.3) is 11.0 Å². The van der Waals surface area contributed by atoms with Gasteiger partial charge in [-0.2, -0.15) is 0 Å². The number of para-hydroxylation sites is 2. The third-order valence-corrected chi connectivity index (χ3v) is 8.06. The second-order valence-corrected chi connectivity index (χ2v) is 11.4. The predicted octanol–water partition coefficient (Wildman–Crippen LogP) is 8.73. The van der Waals surface area contributed by atoms with Crippen molar-refractivity contribution in [3.8, 4) is 0 Å². The second kappa shape index (κ2) is 12.2. The van der Waals surface area contributed by atoms with Crippen molar-refractivity contribution in [2.75, 3.05) is 13.1 Å². The molecule has 1 atom stereocenters. The van der Waals surface area contributed by atoms with E-state index in [1.54, 1.807) is 29.7 Å². The topological polar surface area (TPSA) is 50.5 Å². The number of benzene rings is 3. The number of fused-ring (bicyclic) bond motifs is 1. The number of hydrogen-bond donors (Lipinski definition) is 0. The molecule has 1 unspecified atom stereocenters. The average molecular weight is 587 g/mol. The monoisotopic (exact) mass is 586 g/mol. The number of hydrogen-bond acceptors (Lipinski definition) is 3. The molecule has 0 radical (unpaired) electrons. The van der Waals surface area contributed by atoms with Crippen LogP contribution in [0.5, 0.6) is 0 Å². The third-order valence-electron chi connectivity index (χ3n) is 8.06. The molecule has 43 heavy (non-hydrogen) atoms. The number of halogens is 3. The molecule has 1 aliphatic heterocycles. The van der Waals surface area contributed by atoms with Gasteiger partial charge in [0.25, 0.3) is 11.8 Å². The summed E-state index contributed by atoms with van der Waals surface area (Å²) in [6.07, 6.45) is 0.588. The molecule has 0 spiro atoms. The van der Waals surface area contributed by atoms with Gasteiger partial charge in [-0.15, -0.1) is 0 Å². The van der Waals surface area contributed by atoms with E-state index in [1.807, 2.05) is 55.1 Å². The Hall–Kier alpha value is -4.20. The van der Waals surface area contributed by atoms with Gasteiger partial charge in [0.1, 0.15) is 5.82 Å². The number of piperidine rings is 1. The van der Waals surface area contributed by atoms with Crippen LogP contribution in [-0.2, 0) is 5.92 Å². The van der Waals surface area contributed by atoms with Gasteiger partial charge in [0.15, 0.2) is 6.30 Å². The van der Waals surface area contributed by atoms with Crippen LogP contribution in [-0.4, -0.2) is 39.2 Å². The maximum absolute atomic E-state index is 15.1. The lowest BCUT2D eigenvalue weighted by atomic mass is 9.93. The first-order chi connectivity index (χ1) is 20.5. The van der Waals surface area contributed by atoms with Gasteiger partial charge < -0.3 is 4.90 Å². The van der Waals surface area contributed by atoms with Crippen LogP contribution in [0.2, 0.25) is 0 Å². The number of nitrogens with zero attached hydrogens (tertiary/aromatic N) is 4. The standard InChI is InChI=1S/C35H37F3N4O/c1-6-31(36)42-30-13-8-7-12-29(30)40-33(42)24-16-18-41(19-17-24)34(43)26-14-15-28(23(4)20-26)32(39-22(2)3)25-10-9-11-27(21-25)35(5,37)38/h7-15,20-21,24,31H,2,6,16-19H2,1,3-5H3. The highest BCUT2D eigenvalue weighted by Crippen LogP contribution is 2.34. The van der Waals surface area contributed by atoms with Crippen molar-refractivity contribution < 1.29 is 18.0 Å². The Kier molecular flexibility index (Phi) is 8.58. The molecule has 2 heterocycles. The van der Waals surface area contributed by atoms with E-state index in [4.69, 9.17) is 4.98 Å². The lowest BCUT2D eigenvalue weighted by molar-refractivity contribution is 0.0174. The van der Waals surface area contributed by atoms with E-state index in [0.29, 0.717) is 54.9 Å². The first kappa shape index (κ1) is 30.3. The number of likely N-dealkylation sites (tertiary alicyclic amines) is 1. The van der Waals surface area contributed by atoms with Crippen molar-refractivity contribution in [1.29, 1.82) is 0 Å². The molecule has 3 aromatic carbocycles. The van der Waals surface area contributed by atoms with Gasteiger partial charge in [-0.25, -0.2) is 18.2 Å². The summed E-state index contributed by atoms with van der Waals surface area (Å²) in [5.41, 5.74) is 5.19. The Labute approximate surface area is 250 Å². The van der Waals surface area contributed by atoms with E-state index >= 15 is 4.39 Å². The summed E-state index contributed by atoms with van der Waals surface area (Å²) >= 11 is 0. The maximum atomic E-state index is 15.1. The number of rotatable bonds is 8. The smallest absolute Gasteiger partial charge is 0.270 e. The second-order valence-electron chi connectivity index (χ2n) is 11.4. The number of alkyl halides is 3. The van der Waals surface area contributed by atoms with E-state index in [9.17, 15) is 13.6 Å². The molecule has 5 nitrogen and oxygen atoms in total. The van der Waals surface area contributed by atoms with Crippen molar-refractivity contribution in [3.63, 3.8) is 0 Å². The number of imidazole rings is 1. The number of amides is 1. The van der Waals surface area contributed by atoms with Crippen LogP contribution < -0.4 is 0 Å². The number of carbonyl (C=O) groups is 1. The van der Waals surface area contributed by atoms with E-state index < -0.39 is 12.2 Å². The zero-order valence-electron chi connectivity index (χ0n) is 25.1. The first-order valence-electron chi connectivity index (χ1n) is 14.7. The zero-order chi connectivity index (χ0) is 30.9. The minimum atomic E-state index is -2.99. The van der Waals surface area contributed by atoms with E-state index in [0.717, 1.165) is 34.9 Å². The molecule has 1 aliphatic rings. The number of aryl methyl sites for hydroxylation is 1. The van der Waals surface area contributed by atoms with Crippen LogP contribution in [0.15, 0.2) is 84.0 Å². The molecule has 1 saturated heterocycles. The average Bonchev–Trinajstić information content (AvgIpc) is 3.38. The molecule has 4 aromatic rings. The van der Waals surface area contributed by atoms with Gasteiger partial charge in [0.05, 0.1) is 16.7 Å². The highest BCUT2D eigenvalue weighted by molar-refractivity contribution is 6.14. The van der Waals surface area contributed by atoms with Crippen molar-refractivity contribution in [1.82, 2.24) is 14.5 Å². The van der Waals surface area contributed by atoms with Crippen LogP contribution in [0, 0.1) is 6.92 Å². The van der Waals surface area contributed by atoms with Crippen LogP contribution in [0.1, 0.15) is 90.7 Å². The summed E-state index contributed by atoms with van der Waals surface area (Å²) < 4.78 is 44.9. The number of aliphatic imine (C=N–C) groups is 1. The summed E-state index contributed by atoms with van der Waals surface area (Å²) in [4.78, 5) is 24.8. The Morgan fingerprint density at radius 2 is 1.79 bits per heavy atom. The van der Waals surface area contributed by atoms with Crippen molar-refractivity contribution in [3.05, 3.63) is 113 Å². The van der Waals surface area contributed by atoms with E-state index in [2.05, 4.69) is 11.6 Å². The van der Waals surface area contributed by atoms with Gasteiger partial charge in [-0.1, -0.05) is 49.9 Å². The molecule has 1 fully saturated rings. The summed E-state index contributed by atoms with van der Waals surface area (Å²) in [7, 11) is 0. The summed E-state index contributed by atoms with van der Waals surface area (Å²) in [5, 5.41) is 0. The molecule has 1 amide bonds. The molecule has 1 aromatic heterocycles. The minimum Gasteiger partial charge on any atom is -0.339 e. The quantitative estimate of drug-likeness (QED) is 0.194.